The molecule has 3 aromatic rings. The number of aryl methyl sites for hydroxylation is 1. The molecule has 1 N–H and O–H groups in total. The van der Waals surface area contributed by atoms with Gasteiger partial charge in [0, 0.05) is 22.7 Å². The lowest BCUT2D eigenvalue weighted by Crippen LogP contribution is -2.29. The van der Waals surface area contributed by atoms with E-state index in [1.165, 1.54) is 12.1 Å². The van der Waals surface area contributed by atoms with Crippen LogP contribution in [0.15, 0.2) is 46.7 Å². The lowest BCUT2D eigenvalue weighted by molar-refractivity contribution is -0.275. The fourth-order valence-electron chi connectivity index (χ4n) is 2.94. The van der Waals surface area contributed by atoms with Gasteiger partial charge in [0.2, 0.25) is 10.0 Å². The number of rotatable bonds is 7. The van der Waals surface area contributed by atoms with Gasteiger partial charge in [0.05, 0.1) is 12.2 Å². The van der Waals surface area contributed by atoms with Gasteiger partial charge < -0.3 is 4.74 Å². The van der Waals surface area contributed by atoms with Crippen LogP contribution in [0.5, 0.6) is 5.75 Å². The third-order valence-electron chi connectivity index (χ3n) is 4.13. The first-order valence-electron chi connectivity index (χ1n) is 8.51. The highest BCUT2D eigenvalue weighted by molar-refractivity contribution is 7.89. The van der Waals surface area contributed by atoms with Crippen LogP contribution in [-0.4, -0.2) is 31.1 Å². The standard InChI is InChI=1S/C18H18F3N3O3S2/c1-12-17(15-7-5-11-28-15)13(2)24(23-12)10-9-22-29(25,26)16-8-4-3-6-14(16)27-18(19,20)21/h3-8,11,22H,9-10H2,1-2H3. The van der Waals surface area contributed by atoms with E-state index < -0.39 is 27.0 Å². The molecule has 0 spiro atoms. The van der Waals surface area contributed by atoms with E-state index in [0.717, 1.165) is 34.0 Å². The molecule has 0 radical (unpaired) electrons. The van der Waals surface area contributed by atoms with E-state index in [2.05, 4.69) is 14.6 Å². The van der Waals surface area contributed by atoms with Crippen LogP contribution in [0.4, 0.5) is 13.2 Å². The summed E-state index contributed by atoms with van der Waals surface area (Å²) < 4.78 is 70.4. The highest BCUT2D eigenvalue weighted by atomic mass is 32.2. The molecule has 2 aromatic heterocycles. The third-order valence-corrected chi connectivity index (χ3v) is 6.52. The maximum Gasteiger partial charge on any atom is 0.573 e. The topological polar surface area (TPSA) is 73.2 Å². The fraction of sp³-hybridized carbons (Fsp3) is 0.278. The molecule has 156 valence electrons. The Kier molecular flexibility index (Phi) is 6.01. The van der Waals surface area contributed by atoms with Crippen molar-refractivity contribution in [1.29, 1.82) is 0 Å². The first kappa shape index (κ1) is 21.3. The largest absolute Gasteiger partial charge is 0.573 e. The first-order chi connectivity index (χ1) is 13.6. The molecule has 0 fully saturated rings. The molecule has 6 nitrogen and oxygen atoms in total. The van der Waals surface area contributed by atoms with Gasteiger partial charge in [-0.1, -0.05) is 18.2 Å². The third kappa shape index (κ3) is 4.98. The highest BCUT2D eigenvalue weighted by Crippen LogP contribution is 2.31. The van der Waals surface area contributed by atoms with Crippen LogP contribution < -0.4 is 9.46 Å². The average Bonchev–Trinajstić information content (AvgIpc) is 3.22. The number of hydrogen-bond donors (Lipinski definition) is 1. The summed E-state index contributed by atoms with van der Waals surface area (Å²) in [5.74, 6) is -0.779. The van der Waals surface area contributed by atoms with Gasteiger partial charge in [0.15, 0.2) is 0 Å². The molecule has 0 bridgehead atoms. The van der Waals surface area contributed by atoms with Crippen LogP contribution >= 0.6 is 11.3 Å². The molecule has 0 atom stereocenters. The number of hydrogen-bond acceptors (Lipinski definition) is 5. The summed E-state index contributed by atoms with van der Waals surface area (Å²) in [5, 5.41) is 6.40. The van der Waals surface area contributed by atoms with Crippen molar-refractivity contribution in [2.24, 2.45) is 0 Å². The second-order valence-corrected chi connectivity index (χ2v) is 8.82. The Hall–Kier alpha value is -2.37. The van der Waals surface area contributed by atoms with Crippen LogP contribution in [0.3, 0.4) is 0 Å². The Morgan fingerprint density at radius 2 is 1.90 bits per heavy atom. The lowest BCUT2D eigenvalue weighted by atomic mass is 10.1. The molecule has 0 aliphatic rings. The van der Waals surface area contributed by atoms with Gasteiger partial charge in [0.1, 0.15) is 10.6 Å². The molecule has 0 saturated carbocycles. The van der Waals surface area contributed by atoms with Crippen LogP contribution in [-0.2, 0) is 16.6 Å². The summed E-state index contributed by atoms with van der Waals surface area (Å²) in [6, 6.07) is 8.52. The van der Waals surface area contributed by atoms with Gasteiger partial charge in [0.25, 0.3) is 0 Å². The van der Waals surface area contributed by atoms with Crippen LogP contribution in [0.1, 0.15) is 11.4 Å². The minimum absolute atomic E-state index is 0.0471. The van der Waals surface area contributed by atoms with E-state index >= 15 is 0 Å². The van der Waals surface area contributed by atoms with E-state index in [0.29, 0.717) is 0 Å². The summed E-state index contributed by atoms with van der Waals surface area (Å²) in [4.78, 5) is 0.482. The summed E-state index contributed by atoms with van der Waals surface area (Å²) >= 11 is 1.58. The summed E-state index contributed by atoms with van der Waals surface area (Å²) in [6.45, 7) is 3.93. The first-order valence-corrected chi connectivity index (χ1v) is 10.9. The number of nitrogens with zero attached hydrogens (tertiary/aromatic N) is 2. The number of alkyl halides is 3. The lowest BCUT2D eigenvalue weighted by Gasteiger charge is -2.14. The van der Waals surface area contributed by atoms with Crippen molar-refractivity contribution in [3.63, 3.8) is 0 Å². The van der Waals surface area contributed by atoms with Crippen molar-refractivity contribution in [3.8, 4) is 16.2 Å². The zero-order valence-corrected chi connectivity index (χ0v) is 17.2. The fourth-order valence-corrected chi connectivity index (χ4v) is 4.96. The average molecular weight is 445 g/mol. The zero-order chi connectivity index (χ0) is 21.2. The summed E-state index contributed by atoms with van der Waals surface area (Å²) in [6.07, 6.45) is -4.99. The Bertz CT molecular complexity index is 1090. The Balaban J connectivity index is 1.74. The molecule has 0 aliphatic carbocycles. The van der Waals surface area contributed by atoms with Crippen molar-refractivity contribution in [2.45, 2.75) is 31.7 Å². The minimum atomic E-state index is -4.99. The maximum atomic E-state index is 12.5. The molecule has 0 amide bonds. The zero-order valence-electron chi connectivity index (χ0n) is 15.5. The summed E-state index contributed by atoms with van der Waals surface area (Å²) in [7, 11) is -4.21. The maximum absolute atomic E-state index is 12.5. The van der Waals surface area contributed by atoms with Gasteiger partial charge in [-0.25, -0.2) is 13.1 Å². The molecule has 1 aromatic carbocycles. The predicted octanol–water partition coefficient (Wildman–Crippen LogP) is 4.11. The number of benzene rings is 1. The predicted molar refractivity (Wildman–Crippen MR) is 103 cm³/mol. The van der Waals surface area contributed by atoms with E-state index in [9.17, 15) is 21.6 Å². The quantitative estimate of drug-likeness (QED) is 0.594. The number of aromatic nitrogens is 2. The van der Waals surface area contributed by atoms with E-state index in [4.69, 9.17) is 0 Å². The number of nitrogens with one attached hydrogen (secondary N) is 1. The number of halogens is 3. The second kappa shape index (κ2) is 8.17. The molecule has 0 saturated heterocycles. The van der Waals surface area contributed by atoms with Crippen molar-refractivity contribution < 1.29 is 26.3 Å². The number of para-hydroxylation sites is 1. The molecule has 2 heterocycles. The number of sulfonamides is 1. The molecule has 11 heteroatoms. The van der Waals surface area contributed by atoms with Gasteiger partial charge >= 0.3 is 6.36 Å². The van der Waals surface area contributed by atoms with E-state index in [1.54, 1.807) is 16.0 Å². The number of ether oxygens (including phenoxy) is 1. The monoisotopic (exact) mass is 445 g/mol. The normalized spacial score (nSPS) is 12.3. The van der Waals surface area contributed by atoms with Crippen LogP contribution in [0.25, 0.3) is 10.4 Å². The number of thiophene rings is 1. The smallest absolute Gasteiger partial charge is 0.404 e. The molecule has 0 aliphatic heterocycles. The van der Waals surface area contributed by atoms with E-state index in [1.807, 2.05) is 31.4 Å². The Morgan fingerprint density at radius 1 is 1.17 bits per heavy atom. The highest BCUT2D eigenvalue weighted by Gasteiger charge is 2.33. The van der Waals surface area contributed by atoms with Crippen molar-refractivity contribution in [2.75, 3.05) is 6.54 Å². The van der Waals surface area contributed by atoms with Crippen molar-refractivity contribution in [3.05, 3.63) is 53.2 Å². The van der Waals surface area contributed by atoms with Crippen molar-refractivity contribution >= 4 is 21.4 Å². The van der Waals surface area contributed by atoms with Crippen LogP contribution in [0, 0.1) is 13.8 Å². The van der Waals surface area contributed by atoms with E-state index in [-0.39, 0.29) is 13.1 Å². The van der Waals surface area contributed by atoms with Crippen LogP contribution in [0.2, 0.25) is 0 Å². The molecular weight excluding hydrogens is 427 g/mol. The van der Waals surface area contributed by atoms with Gasteiger partial charge in [-0.3, -0.25) is 4.68 Å². The Morgan fingerprint density at radius 3 is 2.55 bits per heavy atom. The molecular formula is C18H18F3N3O3S2. The SMILES string of the molecule is Cc1nn(CCNS(=O)(=O)c2ccccc2OC(F)(F)F)c(C)c1-c1cccs1. The molecule has 29 heavy (non-hydrogen) atoms. The minimum Gasteiger partial charge on any atom is -0.404 e. The molecule has 0 unspecified atom stereocenters. The molecule has 3 rings (SSSR count). The van der Waals surface area contributed by atoms with Gasteiger partial charge in [-0.05, 0) is 37.4 Å². The Labute approximate surface area is 170 Å². The summed E-state index contributed by atoms with van der Waals surface area (Å²) in [5.41, 5.74) is 2.69. The second-order valence-electron chi connectivity index (χ2n) is 6.14. The van der Waals surface area contributed by atoms with Gasteiger partial charge in [-0.2, -0.15) is 5.10 Å². The van der Waals surface area contributed by atoms with Gasteiger partial charge in [-0.15, -0.1) is 24.5 Å². The van der Waals surface area contributed by atoms with Crippen molar-refractivity contribution in [1.82, 2.24) is 14.5 Å².